The van der Waals surface area contributed by atoms with Gasteiger partial charge in [0.1, 0.15) is 6.33 Å². The molecule has 9 heteroatoms. The second-order valence-electron chi connectivity index (χ2n) is 12.1. The van der Waals surface area contributed by atoms with Gasteiger partial charge in [-0.2, -0.15) is 5.10 Å². The van der Waals surface area contributed by atoms with Gasteiger partial charge >= 0.3 is 0 Å². The van der Waals surface area contributed by atoms with Crippen LogP contribution in [-0.2, 0) is 24.2 Å². The number of carbonyl (C=O) groups excluding carboxylic acids is 1. The highest BCUT2D eigenvalue weighted by atomic mass is 16.3. The lowest BCUT2D eigenvalue weighted by molar-refractivity contribution is -0.136. The summed E-state index contributed by atoms with van der Waals surface area (Å²) in [7, 11) is 4.23. The maximum atomic E-state index is 13.4. The van der Waals surface area contributed by atoms with Gasteiger partial charge in [-0.05, 0) is 68.5 Å². The molecular formula is C32H38N6O3. The maximum Gasteiger partial charge on any atom is 0.296 e. The van der Waals surface area contributed by atoms with E-state index in [1.165, 1.54) is 22.0 Å². The molecule has 1 N–H and O–H groups in total. The number of benzene rings is 2. The van der Waals surface area contributed by atoms with Crippen LogP contribution in [0.15, 0.2) is 65.8 Å². The van der Waals surface area contributed by atoms with Crippen molar-refractivity contribution in [3.63, 3.8) is 0 Å². The first kappa shape index (κ1) is 27.4. The van der Waals surface area contributed by atoms with Crippen LogP contribution in [0.1, 0.15) is 48.8 Å². The number of likely N-dealkylation sites (N-methyl/N-ethyl adjacent to an activating group) is 1. The van der Waals surface area contributed by atoms with Crippen molar-refractivity contribution in [2.24, 2.45) is 0 Å². The predicted molar refractivity (Wildman–Crippen MR) is 158 cm³/mol. The Labute approximate surface area is 240 Å². The summed E-state index contributed by atoms with van der Waals surface area (Å²) in [4.78, 5) is 34.8. The third-order valence-corrected chi connectivity index (χ3v) is 9.00. The largest absolute Gasteiger partial charge is 0.388 e. The average Bonchev–Trinajstić information content (AvgIpc) is 3.60. The Balaban J connectivity index is 1.13. The number of carbonyl (C=O) groups is 1. The number of hydrogen-bond acceptors (Lipinski definition) is 6. The molecule has 1 aliphatic carbocycles. The van der Waals surface area contributed by atoms with E-state index in [1.54, 1.807) is 10.7 Å². The van der Waals surface area contributed by atoms with Gasteiger partial charge in [0.2, 0.25) is 11.6 Å². The molecule has 1 unspecified atom stereocenters. The highest BCUT2D eigenvalue weighted by Gasteiger charge is 2.35. The molecule has 2 atom stereocenters. The second kappa shape index (κ2) is 10.9. The number of aromatic nitrogens is 4. The molecule has 0 radical (unpaired) electrons. The summed E-state index contributed by atoms with van der Waals surface area (Å²) in [6, 6.07) is 17.0. The van der Waals surface area contributed by atoms with Crippen LogP contribution in [0.5, 0.6) is 0 Å². The van der Waals surface area contributed by atoms with Crippen molar-refractivity contribution in [1.82, 2.24) is 29.0 Å². The van der Waals surface area contributed by atoms with Gasteiger partial charge in [0, 0.05) is 31.1 Å². The SMILES string of the molecule is C[C@H](CC(=O)N1CCC(O)(Cn2cnn3c(-c4ccc5c(c4)CC(N(C)C)C5)cnc3c2=O)CC1)c1ccccc1. The summed E-state index contributed by atoms with van der Waals surface area (Å²) >= 11 is 0. The lowest BCUT2D eigenvalue weighted by atomic mass is 9.90. The Hall–Kier alpha value is -3.82. The van der Waals surface area contributed by atoms with Gasteiger partial charge in [-0.15, -0.1) is 0 Å². The highest BCUT2D eigenvalue weighted by Crippen LogP contribution is 2.30. The normalized spacial score (nSPS) is 19.0. The Morgan fingerprint density at radius 3 is 2.56 bits per heavy atom. The topological polar surface area (TPSA) is 96.0 Å². The van der Waals surface area contributed by atoms with Crippen molar-refractivity contribution in [3.8, 4) is 11.3 Å². The third-order valence-electron chi connectivity index (χ3n) is 9.00. The molecule has 0 saturated carbocycles. The third kappa shape index (κ3) is 5.44. The van der Waals surface area contributed by atoms with Crippen LogP contribution in [-0.4, -0.2) is 78.8 Å². The molecule has 2 aromatic heterocycles. The molecule has 9 nitrogen and oxygen atoms in total. The first-order chi connectivity index (χ1) is 19.7. The van der Waals surface area contributed by atoms with E-state index in [4.69, 9.17) is 0 Å². The van der Waals surface area contributed by atoms with Crippen molar-refractivity contribution in [2.45, 2.75) is 63.1 Å². The Morgan fingerprint density at radius 1 is 1.10 bits per heavy atom. The van der Waals surface area contributed by atoms with Gasteiger partial charge in [-0.3, -0.25) is 14.2 Å². The molecule has 1 saturated heterocycles. The zero-order chi connectivity index (χ0) is 28.7. The van der Waals surface area contributed by atoms with E-state index < -0.39 is 5.60 Å². The van der Waals surface area contributed by atoms with Crippen molar-refractivity contribution < 1.29 is 9.90 Å². The van der Waals surface area contributed by atoms with Crippen LogP contribution >= 0.6 is 0 Å². The summed E-state index contributed by atoms with van der Waals surface area (Å²) in [6.45, 7) is 3.10. The Kier molecular flexibility index (Phi) is 7.25. The van der Waals surface area contributed by atoms with E-state index in [2.05, 4.69) is 54.2 Å². The highest BCUT2D eigenvalue weighted by molar-refractivity contribution is 5.77. The molecule has 1 fully saturated rings. The van der Waals surface area contributed by atoms with E-state index in [1.807, 2.05) is 35.2 Å². The fraction of sp³-hybridized carbons (Fsp3) is 0.438. The monoisotopic (exact) mass is 554 g/mol. The Morgan fingerprint density at radius 2 is 1.83 bits per heavy atom. The number of hydrogen-bond donors (Lipinski definition) is 1. The van der Waals surface area contributed by atoms with Crippen molar-refractivity contribution >= 4 is 11.6 Å². The summed E-state index contributed by atoms with van der Waals surface area (Å²) < 4.78 is 3.05. The number of fused-ring (bicyclic) bond motifs is 2. The van der Waals surface area contributed by atoms with Crippen LogP contribution in [0.2, 0.25) is 0 Å². The predicted octanol–water partition coefficient (Wildman–Crippen LogP) is 3.13. The summed E-state index contributed by atoms with van der Waals surface area (Å²) in [6.07, 6.45) is 6.47. The van der Waals surface area contributed by atoms with Crippen LogP contribution in [0.3, 0.4) is 0 Å². The summed E-state index contributed by atoms with van der Waals surface area (Å²) in [5.41, 5.74) is 4.45. The number of imidazole rings is 1. The molecule has 2 aliphatic rings. The van der Waals surface area contributed by atoms with Crippen molar-refractivity contribution in [1.29, 1.82) is 0 Å². The van der Waals surface area contributed by atoms with Crippen LogP contribution < -0.4 is 5.56 Å². The van der Waals surface area contributed by atoms with Gasteiger partial charge < -0.3 is 14.9 Å². The molecule has 0 spiro atoms. The number of likely N-dealkylation sites (tertiary alicyclic amines) is 1. The first-order valence-electron chi connectivity index (χ1n) is 14.5. The molecule has 214 valence electrons. The van der Waals surface area contributed by atoms with E-state index in [0.29, 0.717) is 38.4 Å². The van der Waals surface area contributed by atoms with E-state index in [9.17, 15) is 14.7 Å². The number of piperidine rings is 1. The second-order valence-corrected chi connectivity index (χ2v) is 12.1. The number of rotatable bonds is 7. The lowest BCUT2D eigenvalue weighted by Crippen LogP contribution is -2.50. The Bertz CT molecular complexity index is 1620. The van der Waals surface area contributed by atoms with Crippen LogP contribution in [0, 0.1) is 0 Å². The quantitative estimate of drug-likeness (QED) is 0.377. The van der Waals surface area contributed by atoms with Gasteiger partial charge in [-0.25, -0.2) is 9.50 Å². The van der Waals surface area contributed by atoms with Crippen molar-refractivity contribution in [2.75, 3.05) is 27.2 Å². The average molecular weight is 555 g/mol. The van der Waals surface area contributed by atoms with E-state index >= 15 is 0 Å². The van der Waals surface area contributed by atoms with Gasteiger partial charge in [0.05, 0.1) is 24.0 Å². The fourth-order valence-corrected chi connectivity index (χ4v) is 6.27. The van der Waals surface area contributed by atoms with Crippen LogP contribution in [0.4, 0.5) is 0 Å². The first-order valence-corrected chi connectivity index (χ1v) is 14.5. The molecule has 0 bridgehead atoms. The van der Waals surface area contributed by atoms with E-state index in [-0.39, 0.29) is 29.6 Å². The number of aliphatic hydroxyl groups is 1. The van der Waals surface area contributed by atoms with Crippen molar-refractivity contribution in [3.05, 3.63) is 88.1 Å². The molecule has 41 heavy (non-hydrogen) atoms. The molecule has 3 heterocycles. The molecule has 1 aliphatic heterocycles. The summed E-state index contributed by atoms with van der Waals surface area (Å²) in [5.74, 6) is 0.226. The van der Waals surface area contributed by atoms with Crippen LogP contribution in [0.25, 0.3) is 16.9 Å². The maximum absolute atomic E-state index is 13.4. The fourth-order valence-electron chi connectivity index (χ4n) is 6.27. The minimum Gasteiger partial charge on any atom is -0.388 e. The van der Waals surface area contributed by atoms with Gasteiger partial charge in [-0.1, -0.05) is 49.4 Å². The molecule has 2 aromatic carbocycles. The van der Waals surface area contributed by atoms with E-state index in [0.717, 1.165) is 29.7 Å². The zero-order valence-corrected chi connectivity index (χ0v) is 24.0. The lowest BCUT2D eigenvalue weighted by Gasteiger charge is -2.38. The standard InChI is InChI=1S/C32H38N6O3/c1-22(23-7-5-4-6-8-23)15-29(39)36-13-11-32(41,12-14-36)20-37-21-34-38-28(19-33-30(38)31(37)40)25-10-9-24-17-27(35(2)3)18-26(24)16-25/h4-10,16,19,21-22,27,41H,11-15,17-18,20H2,1-3H3/t22-,27?/m1/s1. The molecule has 1 amide bonds. The van der Waals surface area contributed by atoms with Gasteiger partial charge in [0.15, 0.2) is 0 Å². The minimum atomic E-state index is -1.09. The smallest absolute Gasteiger partial charge is 0.296 e. The molecule has 4 aromatic rings. The zero-order valence-electron chi connectivity index (χ0n) is 24.0. The number of amides is 1. The van der Waals surface area contributed by atoms with Gasteiger partial charge in [0.25, 0.3) is 5.56 Å². The molecule has 6 rings (SSSR count). The minimum absolute atomic E-state index is 0.0948. The molecular weight excluding hydrogens is 516 g/mol. The summed E-state index contributed by atoms with van der Waals surface area (Å²) in [5, 5.41) is 15.9. The number of nitrogens with zero attached hydrogens (tertiary/aromatic N) is 6.